The van der Waals surface area contributed by atoms with Gasteiger partial charge in [-0.15, -0.1) is 0 Å². The first kappa shape index (κ1) is 15.2. The van der Waals surface area contributed by atoms with E-state index >= 15 is 0 Å². The number of imidazole rings is 1. The van der Waals surface area contributed by atoms with Gasteiger partial charge in [0.2, 0.25) is 0 Å². The van der Waals surface area contributed by atoms with E-state index in [-0.39, 0.29) is 22.5 Å². The summed E-state index contributed by atoms with van der Waals surface area (Å²) in [4.78, 5) is 16.4. The molecule has 0 fully saturated rings. The Morgan fingerprint density at radius 2 is 2.14 bits per heavy atom. The van der Waals surface area contributed by atoms with Gasteiger partial charge in [-0.2, -0.15) is 0 Å². The Kier molecular flexibility index (Phi) is 3.63. The molecular weight excluding hydrogens is 277 g/mol. The van der Waals surface area contributed by atoms with E-state index in [2.05, 4.69) is 4.98 Å². The molecule has 0 saturated heterocycles. The number of nitrogens with zero attached hydrogens (tertiary/aromatic N) is 2. The van der Waals surface area contributed by atoms with Crippen LogP contribution in [-0.2, 0) is 11.3 Å². The number of aryl methyl sites for hydroxylation is 1. The van der Waals surface area contributed by atoms with Crippen molar-refractivity contribution >= 4 is 22.8 Å². The number of rotatable bonds is 1. The first-order chi connectivity index (χ1) is 9.65. The third kappa shape index (κ3) is 2.69. The molecule has 0 aliphatic carbocycles. The second-order valence-electron chi connectivity index (χ2n) is 5.77. The number of aliphatic hydroxyl groups is 1. The number of anilines is 1. The topological polar surface area (TPSA) is 90.4 Å². The molecule has 1 heterocycles. The molecule has 1 aromatic carbocycles. The summed E-state index contributed by atoms with van der Waals surface area (Å²) in [7, 11) is 0. The Morgan fingerprint density at radius 1 is 1.52 bits per heavy atom. The highest BCUT2D eigenvalue weighted by Gasteiger charge is 2.25. The van der Waals surface area contributed by atoms with Crippen molar-refractivity contribution in [2.75, 3.05) is 5.73 Å². The average molecular weight is 295 g/mol. The minimum Gasteiger partial charge on any atom is -0.443 e. The number of hydrogen-bond acceptors (Lipinski definition) is 5. The zero-order valence-electron chi connectivity index (χ0n) is 12.4. The zero-order valence-corrected chi connectivity index (χ0v) is 12.4. The molecule has 2 aromatic rings. The number of nitrogens with two attached hydrogens (primary N) is 1. The lowest BCUT2D eigenvalue weighted by Crippen LogP contribution is -2.28. The highest BCUT2D eigenvalue weighted by molar-refractivity contribution is 5.92. The van der Waals surface area contributed by atoms with Crippen molar-refractivity contribution in [2.24, 2.45) is 0 Å². The summed E-state index contributed by atoms with van der Waals surface area (Å²) in [6.07, 6.45) is -0.794. The minimum absolute atomic E-state index is 0.00634. The van der Waals surface area contributed by atoms with Gasteiger partial charge < -0.3 is 15.6 Å². The average Bonchev–Trinajstić information content (AvgIpc) is 2.74. The van der Waals surface area contributed by atoms with E-state index < -0.39 is 24.1 Å². The zero-order chi connectivity index (χ0) is 15.9. The molecule has 0 spiro atoms. The summed E-state index contributed by atoms with van der Waals surface area (Å²) in [5, 5.41) is 9.37. The molecule has 0 amide bonds. The van der Waals surface area contributed by atoms with Gasteiger partial charge in [-0.25, -0.2) is 18.7 Å². The van der Waals surface area contributed by atoms with Gasteiger partial charge in [0.25, 0.3) is 0 Å². The Morgan fingerprint density at radius 3 is 2.67 bits per heavy atom. The van der Waals surface area contributed by atoms with Crippen LogP contribution in [-0.4, -0.2) is 26.4 Å². The lowest BCUT2D eigenvalue weighted by Gasteiger charge is -2.20. The van der Waals surface area contributed by atoms with E-state index in [9.17, 15) is 14.3 Å². The number of carbonyl (C=O) groups is 1. The number of hydrogen-bond donors (Lipinski definition) is 2. The van der Waals surface area contributed by atoms with Crippen LogP contribution in [0.1, 0.15) is 32.2 Å². The van der Waals surface area contributed by atoms with Crippen LogP contribution in [0.4, 0.5) is 14.9 Å². The van der Waals surface area contributed by atoms with Gasteiger partial charge in [0, 0.05) is 11.3 Å². The molecule has 114 valence electrons. The molecule has 0 aliphatic heterocycles. The van der Waals surface area contributed by atoms with Gasteiger partial charge in [0.1, 0.15) is 23.5 Å². The fourth-order valence-corrected chi connectivity index (χ4v) is 2.01. The second-order valence-corrected chi connectivity index (χ2v) is 5.77. The molecule has 3 N–H and O–H groups in total. The standard InChI is InChI=1S/C14H18FN3O3/c1-7-9(16)5-8(15)12-11(7)17-10(6-19)18(12)13(20)21-14(2,3)4/h5,19H,6,16H2,1-4H3. The molecule has 0 unspecified atom stereocenters. The summed E-state index contributed by atoms with van der Waals surface area (Å²) in [5.74, 6) is -0.682. The van der Waals surface area contributed by atoms with Gasteiger partial charge in [-0.05, 0) is 33.8 Å². The summed E-state index contributed by atoms with van der Waals surface area (Å²) >= 11 is 0. The Bertz CT molecular complexity index is 717. The van der Waals surface area contributed by atoms with E-state index in [1.54, 1.807) is 27.7 Å². The Balaban J connectivity index is 2.73. The molecule has 6 nitrogen and oxygen atoms in total. The molecule has 0 saturated carbocycles. The van der Waals surface area contributed by atoms with Crippen LogP contribution < -0.4 is 5.73 Å². The molecule has 2 rings (SSSR count). The maximum absolute atomic E-state index is 14.2. The molecule has 0 atom stereocenters. The van der Waals surface area contributed by atoms with Crippen molar-refractivity contribution in [1.82, 2.24) is 9.55 Å². The fourth-order valence-electron chi connectivity index (χ4n) is 2.01. The van der Waals surface area contributed by atoms with Crippen molar-refractivity contribution < 1.29 is 19.0 Å². The maximum Gasteiger partial charge on any atom is 0.420 e. The lowest BCUT2D eigenvalue weighted by molar-refractivity contribution is 0.0530. The summed E-state index contributed by atoms with van der Waals surface area (Å²) < 4.78 is 20.4. The summed E-state index contributed by atoms with van der Waals surface area (Å²) in [6.45, 7) is 6.24. The number of halogens is 1. The number of benzene rings is 1. The van der Waals surface area contributed by atoms with Crippen LogP contribution in [0.3, 0.4) is 0 Å². The Labute approximate surface area is 121 Å². The predicted octanol–water partition coefficient (Wildman–Crippen LogP) is 2.34. The first-order valence-electron chi connectivity index (χ1n) is 6.46. The maximum atomic E-state index is 14.2. The molecule has 0 radical (unpaired) electrons. The minimum atomic E-state index is -0.794. The van der Waals surface area contributed by atoms with Crippen LogP contribution in [0, 0.1) is 12.7 Å². The van der Waals surface area contributed by atoms with Crippen molar-refractivity contribution in [3.8, 4) is 0 Å². The van der Waals surface area contributed by atoms with Crippen molar-refractivity contribution in [3.05, 3.63) is 23.3 Å². The van der Waals surface area contributed by atoms with Crippen molar-refractivity contribution in [1.29, 1.82) is 0 Å². The van der Waals surface area contributed by atoms with E-state index in [1.165, 1.54) is 0 Å². The summed E-state index contributed by atoms with van der Waals surface area (Å²) in [6, 6.07) is 1.13. The number of ether oxygens (including phenoxy) is 1. The number of nitrogen functional groups attached to an aromatic ring is 1. The van der Waals surface area contributed by atoms with Crippen molar-refractivity contribution in [2.45, 2.75) is 39.9 Å². The van der Waals surface area contributed by atoms with Crippen LogP contribution in [0.5, 0.6) is 0 Å². The van der Waals surface area contributed by atoms with Crippen LogP contribution in [0.15, 0.2) is 6.07 Å². The fraction of sp³-hybridized carbons (Fsp3) is 0.429. The number of fused-ring (bicyclic) bond motifs is 1. The van der Waals surface area contributed by atoms with Gasteiger partial charge >= 0.3 is 6.09 Å². The third-order valence-corrected chi connectivity index (χ3v) is 2.96. The van der Waals surface area contributed by atoms with E-state index in [0.717, 1.165) is 10.6 Å². The van der Waals surface area contributed by atoms with Gasteiger partial charge in [0.05, 0.1) is 5.52 Å². The van der Waals surface area contributed by atoms with Crippen LogP contribution in [0.2, 0.25) is 0 Å². The van der Waals surface area contributed by atoms with E-state index in [0.29, 0.717) is 5.56 Å². The monoisotopic (exact) mass is 295 g/mol. The van der Waals surface area contributed by atoms with E-state index in [1.807, 2.05) is 0 Å². The number of carbonyl (C=O) groups excluding carboxylic acids is 1. The molecule has 7 heteroatoms. The molecule has 0 bridgehead atoms. The van der Waals surface area contributed by atoms with Gasteiger partial charge in [-0.3, -0.25) is 0 Å². The summed E-state index contributed by atoms with van der Waals surface area (Å²) in [5.41, 5.74) is 5.92. The Hall–Kier alpha value is -2.15. The van der Waals surface area contributed by atoms with Crippen LogP contribution in [0.25, 0.3) is 11.0 Å². The van der Waals surface area contributed by atoms with E-state index in [4.69, 9.17) is 10.5 Å². The normalized spacial score (nSPS) is 11.9. The molecule has 1 aromatic heterocycles. The van der Waals surface area contributed by atoms with Crippen LogP contribution >= 0.6 is 0 Å². The molecular formula is C14H18FN3O3. The second kappa shape index (κ2) is 5.00. The molecule has 0 aliphatic rings. The largest absolute Gasteiger partial charge is 0.443 e. The first-order valence-corrected chi connectivity index (χ1v) is 6.46. The highest BCUT2D eigenvalue weighted by atomic mass is 19.1. The van der Waals surface area contributed by atoms with Gasteiger partial charge in [-0.1, -0.05) is 0 Å². The predicted molar refractivity (Wildman–Crippen MR) is 76.4 cm³/mol. The third-order valence-electron chi connectivity index (χ3n) is 2.96. The number of aliphatic hydroxyl groups excluding tert-OH is 1. The van der Waals surface area contributed by atoms with Crippen molar-refractivity contribution in [3.63, 3.8) is 0 Å². The quantitative estimate of drug-likeness (QED) is 0.788. The SMILES string of the molecule is Cc1c(N)cc(F)c2c1nc(CO)n2C(=O)OC(C)(C)C. The number of aromatic nitrogens is 2. The smallest absolute Gasteiger partial charge is 0.420 e. The lowest BCUT2D eigenvalue weighted by atomic mass is 10.1. The highest BCUT2D eigenvalue weighted by Crippen LogP contribution is 2.28. The molecule has 21 heavy (non-hydrogen) atoms. The van der Waals surface area contributed by atoms with Gasteiger partial charge in [0.15, 0.2) is 5.82 Å².